The molecule has 0 fully saturated rings. The molecule has 0 aromatic heterocycles. The van der Waals surface area contributed by atoms with E-state index in [0.717, 1.165) is 51.4 Å². The summed E-state index contributed by atoms with van der Waals surface area (Å²) in [6, 6.07) is 0. The summed E-state index contributed by atoms with van der Waals surface area (Å²) >= 11 is 0. The summed E-state index contributed by atoms with van der Waals surface area (Å²) in [5, 5.41) is 0. The van der Waals surface area contributed by atoms with E-state index in [0.29, 0.717) is 45.3 Å². The van der Waals surface area contributed by atoms with Crippen LogP contribution in [0.25, 0.3) is 0 Å². The van der Waals surface area contributed by atoms with Gasteiger partial charge in [0, 0.05) is 19.3 Å². The molecule has 1 unspecified atom stereocenters. The van der Waals surface area contributed by atoms with Crippen molar-refractivity contribution in [2.75, 3.05) is 19.8 Å². The number of carbonyl (C=O) groups is 3. The second-order valence-corrected chi connectivity index (χ2v) is 9.00. The summed E-state index contributed by atoms with van der Waals surface area (Å²) in [7, 11) is 0. The molecule has 0 bridgehead atoms. The first-order valence-corrected chi connectivity index (χ1v) is 13.5. The summed E-state index contributed by atoms with van der Waals surface area (Å²) in [5.74, 6) is -0.529. The minimum absolute atomic E-state index is 0.00501. The summed E-state index contributed by atoms with van der Waals surface area (Å²) in [6.07, 6.45) is 15.3. The van der Waals surface area contributed by atoms with Crippen LogP contribution in [0.3, 0.4) is 0 Å². The van der Waals surface area contributed by atoms with Gasteiger partial charge in [-0.2, -0.15) is 0 Å². The molecular formula is C27H50O6. The first-order valence-electron chi connectivity index (χ1n) is 13.5. The molecule has 0 aliphatic heterocycles. The molecule has 0 heterocycles. The Hall–Kier alpha value is -1.59. The van der Waals surface area contributed by atoms with Gasteiger partial charge in [0.25, 0.3) is 0 Å². The lowest BCUT2D eigenvalue weighted by Crippen LogP contribution is -2.19. The molecule has 0 radical (unpaired) electrons. The van der Waals surface area contributed by atoms with E-state index < -0.39 is 0 Å². The average molecular weight is 471 g/mol. The first kappa shape index (κ1) is 31.4. The third-order valence-corrected chi connectivity index (χ3v) is 5.76. The van der Waals surface area contributed by atoms with E-state index in [1.54, 1.807) is 0 Å². The van der Waals surface area contributed by atoms with E-state index in [-0.39, 0.29) is 30.4 Å². The van der Waals surface area contributed by atoms with E-state index in [1.807, 2.05) is 6.92 Å². The summed E-state index contributed by atoms with van der Waals surface area (Å²) in [4.78, 5) is 35.7. The third kappa shape index (κ3) is 22.0. The van der Waals surface area contributed by atoms with Crippen molar-refractivity contribution in [3.05, 3.63) is 0 Å². The van der Waals surface area contributed by atoms with Crippen molar-refractivity contribution in [3.8, 4) is 0 Å². The summed E-state index contributed by atoms with van der Waals surface area (Å²) in [5.41, 5.74) is 0. The van der Waals surface area contributed by atoms with Crippen molar-refractivity contribution >= 4 is 17.9 Å². The Balaban J connectivity index is 4.24. The maximum absolute atomic E-state index is 12.0. The van der Waals surface area contributed by atoms with Crippen molar-refractivity contribution in [1.29, 1.82) is 0 Å². The SMILES string of the molecule is CCCCCCCCC(=O)OCCC(CCOC(=O)CCCC)COC(=O)CCCCCC. The van der Waals surface area contributed by atoms with Crippen LogP contribution in [0, 0.1) is 5.92 Å². The molecule has 0 rings (SSSR count). The van der Waals surface area contributed by atoms with Crippen molar-refractivity contribution in [3.63, 3.8) is 0 Å². The van der Waals surface area contributed by atoms with Gasteiger partial charge in [-0.15, -0.1) is 0 Å². The number of unbranched alkanes of at least 4 members (excludes halogenated alkanes) is 9. The molecule has 0 N–H and O–H groups in total. The van der Waals surface area contributed by atoms with Crippen molar-refractivity contribution in [1.82, 2.24) is 0 Å². The third-order valence-electron chi connectivity index (χ3n) is 5.76. The van der Waals surface area contributed by atoms with Crippen LogP contribution in [0.1, 0.15) is 130 Å². The lowest BCUT2D eigenvalue weighted by Gasteiger charge is -2.17. The average Bonchev–Trinajstić information content (AvgIpc) is 2.80. The van der Waals surface area contributed by atoms with Crippen molar-refractivity contribution < 1.29 is 28.6 Å². The number of hydrogen-bond donors (Lipinski definition) is 0. The first-order chi connectivity index (χ1) is 16.0. The van der Waals surface area contributed by atoms with Gasteiger partial charge in [0.1, 0.15) is 0 Å². The Morgan fingerprint density at radius 3 is 1.42 bits per heavy atom. The summed E-state index contributed by atoms with van der Waals surface area (Å²) < 4.78 is 16.2. The molecule has 0 aromatic rings. The fourth-order valence-corrected chi connectivity index (χ4v) is 3.48. The predicted octanol–water partition coefficient (Wildman–Crippen LogP) is 6.92. The van der Waals surface area contributed by atoms with E-state index >= 15 is 0 Å². The molecule has 194 valence electrons. The van der Waals surface area contributed by atoms with Crippen LogP contribution >= 0.6 is 0 Å². The molecule has 6 heteroatoms. The molecular weight excluding hydrogens is 420 g/mol. The molecule has 6 nitrogen and oxygen atoms in total. The predicted molar refractivity (Wildman–Crippen MR) is 132 cm³/mol. The van der Waals surface area contributed by atoms with Crippen LogP contribution in [0.5, 0.6) is 0 Å². The van der Waals surface area contributed by atoms with E-state index in [1.165, 1.54) is 25.7 Å². The number of rotatable bonds is 23. The molecule has 1 atom stereocenters. The Bertz CT molecular complexity index is 491. The normalized spacial score (nSPS) is 11.7. The van der Waals surface area contributed by atoms with Crippen molar-refractivity contribution in [2.45, 2.75) is 130 Å². The second kappa shape index (κ2) is 23.6. The lowest BCUT2D eigenvalue weighted by atomic mass is 10.0. The standard InChI is InChI=1S/C27H50O6/c1-4-7-10-12-13-15-17-26(29)32-22-20-24(19-21-31-25(28)16-9-6-3)23-33-27(30)18-14-11-8-5-2/h24H,4-23H2,1-3H3. The topological polar surface area (TPSA) is 78.9 Å². The molecule has 0 saturated heterocycles. The Morgan fingerprint density at radius 2 is 0.909 bits per heavy atom. The highest BCUT2D eigenvalue weighted by atomic mass is 16.5. The van der Waals surface area contributed by atoms with E-state index in [2.05, 4.69) is 13.8 Å². The van der Waals surface area contributed by atoms with Gasteiger partial charge < -0.3 is 14.2 Å². The van der Waals surface area contributed by atoms with Crippen LogP contribution in [0.4, 0.5) is 0 Å². The molecule has 0 amide bonds. The quantitative estimate of drug-likeness (QED) is 0.0915. The fourth-order valence-electron chi connectivity index (χ4n) is 3.48. The van der Waals surface area contributed by atoms with Crippen LogP contribution in [0.2, 0.25) is 0 Å². The minimum atomic E-state index is -0.186. The molecule has 0 aliphatic carbocycles. The van der Waals surface area contributed by atoms with E-state index in [9.17, 15) is 14.4 Å². The van der Waals surface area contributed by atoms with Gasteiger partial charge in [-0.05, 0) is 38.0 Å². The van der Waals surface area contributed by atoms with Gasteiger partial charge in [0.15, 0.2) is 0 Å². The van der Waals surface area contributed by atoms with Gasteiger partial charge in [0.2, 0.25) is 0 Å². The highest BCUT2D eigenvalue weighted by Gasteiger charge is 2.15. The number of ether oxygens (including phenoxy) is 3. The zero-order chi connectivity index (χ0) is 24.6. The van der Waals surface area contributed by atoms with Gasteiger partial charge in [-0.3, -0.25) is 14.4 Å². The Kier molecular flexibility index (Phi) is 22.4. The van der Waals surface area contributed by atoms with Gasteiger partial charge in [-0.25, -0.2) is 0 Å². The van der Waals surface area contributed by atoms with Crippen LogP contribution in [0.15, 0.2) is 0 Å². The maximum atomic E-state index is 12.0. The van der Waals surface area contributed by atoms with Gasteiger partial charge in [0.05, 0.1) is 19.8 Å². The highest BCUT2D eigenvalue weighted by Crippen LogP contribution is 2.13. The Labute approximate surface area is 202 Å². The number of esters is 3. The Morgan fingerprint density at radius 1 is 0.515 bits per heavy atom. The van der Waals surface area contributed by atoms with Crippen LogP contribution in [-0.4, -0.2) is 37.7 Å². The highest BCUT2D eigenvalue weighted by molar-refractivity contribution is 5.70. The van der Waals surface area contributed by atoms with E-state index in [4.69, 9.17) is 14.2 Å². The zero-order valence-electron chi connectivity index (χ0n) is 21.7. The smallest absolute Gasteiger partial charge is 0.305 e. The molecule has 0 saturated carbocycles. The van der Waals surface area contributed by atoms with Gasteiger partial charge >= 0.3 is 17.9 Å². The molecule has 0 aromatic carbocycles. The molecule has 33 heavy (non-hydrogen) atoms. The number of hydrogen-bond acceptors (Lipinski definition) is 6. The minimum Gasteiger partial charge on any atom is -0.466 e. The monoisotopic (exact) mass is 470 g/mol. The zero-order valence-corrected chi connectivity index (χ0v) is 21.7. The lowest BCUT2D eigenvalue weighted by molar-refractivity contribution is -0.149. The van der Waals surface area contributed by atoms with Crippen molar-refractivity contribution in [2.24, 2.45) is 5.92 Å². The van der Waals surface area contributed by atoms with Gasteiger partial charge in [-0.1, -0.05) is 78.6 Å². The van der Waals surface area contributed by atoms with Crippen LogP contribution in [-0.2, 0) is 28.6 Å². The molecule has 0 spiro atoms. The molecule has 0 aliphatic rings. The fraction of sp³-hybridized carbons (Fsp3) is 0.889. The second-order valence-electron chi connectivity index (χ2n) is 9.00. The largest absolute Gasteiger partial charge is 0.466 e. The summed E-state index contributed by atoms with van der Waals surface area (Å²) in [6.45, 7) is 7.24. The number of carbonyl (C=O) groups excluding carboxylic acids is 3. The van der Waals surface area contributed by atoms with Crippen LogP contribution < -0.4 is 0 Å². The maximum Gasteiger partial charge on any atom is 0.305 e.